The van der Waals surface area contributed by atoms with E-state index in [1.54, 1.807) is 11.3 Å². The zero-order chi connectivity index (χ0) is 19.5. The summed E-state index contributed by atoms with van der Waals surface area (Å²) in [6.07, 6.45) is 0.713. The van der Waals surface area contributed by atoms with Crippen LogP contribution < -0.4 is 10.1 Å². The lowest BCUT2D eigenvalue weighted by Gasteiger charge is -2.11. The summed E-state index contributed by atoms with van der Waals surface area (Å²) >= 11 is 1.73. The molecule has 0 saturated carbocycles. The summed E-state index contributed by atoms with van der Waals surface area (Å²) in [7, 11) is 0. The van der Waals surface area contributed by atoms with E-state index in [0.29, 0.717) is 13.0 Å². The number of thiophene rings is 1. The normalized spacial score (nSPS) is 11.0. The van der Waals surface area contributed by atoms with E-state index in [1.807, 2.05) is 49.4 Å². The summed E-state index contributed by atoms with van der Waals surface area (Å²) in [5, 5.41) is 4.60. The van der Waals surface area contributed by atoms with Crippen LogP contribution in [0.4, 0.5) is 11.5 Å². The lowest BCUT2D eigenvalue weighted by molar-refractivity contribution is 0.340. The van der Waals surface area contributed by atoms with Crippen molar-refractivity contribution in [3.05, 3.63) is 76.4 Å². The van der Waals surface area contributed by atoms with E-state index < -0.39 is 0 Å². The number of hydrogen-bond donors (Lipinski definition) is 1. The number of ether oxygens (including phenoxy) is 1. The molecule has 0 atom stereocenters. The van der Waals surface area contributed by atoms with Gasteiger partial charge in [0.15, 0.2) is 0 Å². The first kappa shape index (κ1) is 18.4. The first-order chi connectivity index (χ1) is 13.6. The Bertz CT molecular complexity index is 1090. The van der Waals surface area contributed by atoms with Crippen molar-refractivity contribution in [3.8, 4) is 5.75 Å². The summed E-state index contributed by atoms with van der Waals surface area (Å²) in [5.41, 5.74) is 3.43. The van der Waals surface area contributed by atoms with Crippen molar-refractivity contribution < 1.29 is 4.74 Å². The third-order valence-corrected chi connectivity index (χ3v) is 5.81. The van der Waals surface area contributed by atoms with Gasteiger partial charge in [-0.05, 0) is 56.2 Å². The number of fused-ring (bicyclic) bond motifs is 1. The number of nitrogens with zero attached hydrogens (tertiary/aromatic N) is 2. The van der Waals surface area contributed by atoms with E-state index in [1.165, 1.54) is 16.0 Å². The van der Waals surface area contributed by atoms with E-state index >= 15 is 0 Å². The molecule has 4 nitrogen and oxygen atoms in total. The molecule has 0 spiro atoms. The third-order valence-electron chi connectivity index (χ3n) is 4.71. The van der Waals surface area contributed by atoms with Crippen molar-refractivity contribution in [2.75, 3.05) is 11.9 Å². The number of anilines is 2. The number of benzene rings is 2. The minimum atomic E-state index is 0.662. The van der Waals surface area contributed by atoms with Gasteiger partial charge in [0.05, 0.1) is 12.0 Å². The molecule has 1 N–H and O–H groups in total. The van der Waals surface area contributed by atoms with E-state index in [4.69, 9.17) is 14.7 Å². The second-order valence-electron chi connectivity index (χ2n) is 6.70. The minimum Gasteiger partial charge on any atom is -0.494 e. The third kappa shape index (κ3) is 3.85. The Morgan fingerprint density at radius 1 is 0.964 bits per heavy atom. The monoisotopic (exact) mass is 389 g/mol. The summed E-state index contributed by atoms with van der Waals surface area (Å²) in [5.74, 6) is 2.56. The molecule has 4 aromatic rings. The van der Waals surface area contributed by atoms with Gasteiger partial charge in [-0.3, -0.25) is 0 Å². The Morgan fingerprint density at radius 2 is 1.71 bits per heavy atom. The fourth-order valence-corrected chi connectivity index (χ4v) is 4.23. The average molecular weight is 390 g/mol. The molecule has 4 rings (SSSR count). The van der Waals surface area contributed by atoms with Gasteiger partial charge in [-0.25, -0.2) is 9.97 Å². The molecular weight excluding hydrogens is 366 g/mol. The van der Waals surface area contributed by atoms with Crippen molar-refractivity contribution in [2.24, 2.45) is 0 Å². The first-order valence-corrected chi connectivity index (χ1v) is 10.3. The zero-order valence-electron chi connectivity index (χ0n) is 16.3. The van der Waals surface area contributed by atoms with Crippen molar-refractivity contribution >= 4 is 33.1 Å². The topological polar surface area (TPSA) is 47.0 Å². The zero-order valence-corrected chi connectivity index (χ0v) is 17.1. The van der Waals surface area contributed by atoms with Crippen LogP contribution in [0.25, 0.3) is 10.2 Å². The summed E-state index contributed by atoms with van der Waals surface area (Å²) in [6.45, 7) is 6.92. The molecule has 0 aliphatic rings. The molecule has 0 radical (unpaired) electrons. The van der Waals surface area contributed by atoms with Gasteiger partial charge < -0.3 is 10.1 Å². The standard InChI is InChI=1S/C23H23N3OS/c1-4-27-19-12-10-18(11-13-19)24-22-21-15(2)16(3)28-23(21)26-20(25-22)14-17-8-6-5-7-9-17/h5-13H,4,14H2,1-3H3,(H,24,25,26). The van der Waals surface area contributed by atoms with Gasteiger partial charge in [0.25, 0.3) is 0 Å². The van der Waals surface area contributed by atoms with E-state index in [2.05, 4.69) is 31.3 Å². The Kier molecular flexibility index (Phi) is 5.26. The van der Waals surface area contributed by atoms with Crippen LogP contribution in [0.15, 0.2) is 54.6 Å². The molecule has 5 heteroatoms. The number of nitrogens with one attached hydrogen (secondary N) is 1. The van der Waals surface area contributed by atoms with Crippen LogP contribution in [-0.2, 0) is 6.42 Å². The highest BCUT2D eigenvalue weighted by Crippen LogP contribution is 2.35. The molecule has 2 aromatic carbocycles. The number of aromatic nitrogens is 2. The molecule has 0 aliphatic heterocycles. The SMILES string of the molecule is CCOc1ccc(Nc2nc(Cc3ccccc3)nc3sc(C)c(C)c23)cc1. The molecule has 0 saturated heterocycles. The largest absolute Gasteiger partial charge is 0.494 e. The average Bonchev–Trinajstić information content (AvgIpc) is 2.98. The van der Waals surface area contributed by atoms with Crippen LogP contribution in [0.1, 0.15) is 28.8 Å². The molecular formula is C23H23N3OS. The molecule has 0 fully saturated rings. The molecule has 2 aromatic heterocycles. The van der Waals surface area contributed by atoms with Gasteiger partial charge in [0.2, 0.25) is 0 Å². The number of aryl methyl sites for hydroxylation is 2. The van der Waals surface area contributed by atoms with Crippen LogP contribution in [0.5, 0.6) is 5.75 Å². The highest BCUT2D eigenvalue weighted by molar-refractivity contribution is 7.18. The molecule has 0 unspecified atom stereocenters. The van der Waals surface area contributed by atoms with Gasteiger partial charge in [-0.15, -0.1) is 11.3 Å². The predicted octanol–water partition coefficient (Wildman–Crippen LogP) is 6.04. The highest BCUT2D eigenvalue weighted by Gasteiger charge is 2.15. The smallest absolute Gasteiger partial charge is 0.143 e. The quantitative estimate of drug-likeness (QED) is 0.437. The van der Waals surface area contributed by atoms with Crippen molar-refractivity contribution in [1.29, 1.82) is 0 Å². The molecule has 0 amide bonds. The van der Waals surface area contributed by atoms with Gasteiger partial charge in [0, 0.05) is 17.0 Å². The van der Waals surface area contributed by atoms with Gasteiger partial charge in [0.1, 0.15) is 22.2 Å². The van der Waals surface area contributed by atoms with Crippen molar-refractivity contribution in [1.82, 2.24) is 9.97 Å². The van der Waals surface area contributed by atoms with Gasteiger partial charge >= 0.3 is 0 Å². The highest BCUT2D eigenvalue weighted by atomic mass is 32.1. The summed E-state index contributed by atoms with van der Waals surface area (Å²) < 4.78 is 5.54. The maximum atomic E-state index is 5.54. The molecule has 142 valence electrons. The van der Waals surface area contributed by atoms with Crippen LogP contribution in [0.2, 0.25) is 0 Å². The number of hydrogen-bond acceptors (Lipinski definition) is 5. The second kappa shape index (κ2) is 7.98. The first-order valence-electron chi connectivity index (χ1n) is 9.44. The van der Waals surface area contributed by atoms with Gasteiger partial charge in [-0.1, -0.05) is 30.3 Å². The van der Waals surface area contributed by atoms with Crippen LogP contribution in [0.3, 0.4) is 0 Å². The van der Waals surface area contributed by atoms with Crippen LogP contribution in [0, 0.1) is 13.8 Å². The fraction of sp³-hybridized carbons (Fsp3) is 0.217. The second-order valence-corrected chi connectivity index (χ2v) is 7.90. The maximum Gasteiger partial charge on any atom is 0.143 e. The molecule has 0 aliphatic carbocycles. The predicted molar refractivity (Wildman–Crippen MR) is 117 cm³/mol. The lowest BCUT2D eigenvalue weighted by Crippen LogP contribution is -2.02. The van der Waals surface area contributed by atoms with Crippen LogP contribution >= 0.6 is 11.3 Å². The van der Waals surface area contributed by atoms with Crippen molar-refractivity contribution in [3.63, 3.8) is 0 Å². The summed E-state index contributed by atoms with van der Waals surface area (Å²) in [6, 6.07) is 18.3. The Hall–Kier alpha value is -2.92. The van der Waals surface area contributed by atoms with E-state index in [-0.39, 0.29) is 0 Å². The van der Waals surface area contributed by atoms with Crippen LogP contribution in [-0.4, -0.2) is 16.6 Å². The maximum absolute atomic E-state index is 5.54. The Labute approximate surface area is 169 Å². The van der Waals surface area contributed by atoms with E-state index in [9.17, 15) is 0 Å². The van der Waals surface area contributed by atoms with Crippen molar-refractivity contribution in [2.45, 2.75) is 27.2 Å². The van der Waals surface area contributed by atoms with Gasteiger partial charge in [-0.2, -0.15) is 0 Å². The van der Waals surface area contributed by atoms with E-state index in [0.717, 1.165) is 33.3 Å². The minimum absolute atomic E-state index is 0.662. The Balaban J connectivity index is 1.72. The molecule has 0 bridgehead atoms. The molecule has 28 heavy (non-hydrogen) atoms. The summed E-state index contributed by atoms with van der Waals surface area (Å²) in [4.78, 5) is 12.0. The Morgan fingerprint density at radius 3 is 2.43 bits per heavy atom. The lowest BCUT2D eigenvalue weighted by atomic mass is 10.1. The fourth-order valence-electron chi connectivity index (χ4n) is 3.18. The number of rotatable bonds is 6. The molecule has 2 heterocycles.